The zero-order chi connectivity index (χ0) is 19.7. The number of piperazine rings is 1. The zero-order valence-electron chi connectivity index (χ0n) is 17.2. The Balaban J connectivity index is 1.37. The van der Waals surface area contributed by atoms with E-state index in [0.29, 0.717) is 26.1 Å². The summed E-state index contributed by atoms with van der Waals surface area (Å²) >= 11 is 0. The van der Waals surface area contributed by atoms with Gasteiger partial charge in [0.05, 0.1) is 12.0 Å². The Kier molecular flexibility index (Phi) is 5.46. The summed E-state index contributed by atoms with van der Waals surface area (Å²) in [5, 5.41) is 0. The molecule has 0 aromatic heterocycles. The number of methoxy groups -OCH3 is 1. The first-order chi connectivity index (χ1) is 13.5. The normalized spacial score (nSPS) is 23.7. The summed E-state index contributed by atoms with van der Waals surface area (Å²) in [6, 6.07) is 6.13. The highest BCUT2D eigenvalue weighted by Gasteiger charge is 2.38. The maximum Gasteiger partial charge on any atom is 0.253 e. The smallest absolute Gasteiger partial charge is 0.253 e. The second kappa shape index (κ2) is 7.86. The van der Waals surface area contributed by atoms with Crippen LogP contribution in [0, 0.1) is 0 Å². The largest absolute Gasteiger partial charge is 0.378 e. The van der Waals surface area contributed by atoms with Crippen molar-refractivity contribution in [3.05, 3.63) is 34.9 Å². The summed E-state index contributed by atoms with van der Waals surface area (Å²) in [5.41, 5.74) is 3.18. The molecule has 5 heteroatoms. The Hall–Kier alpha value is -1.88. The highest BCUT2D eigenvalue weighted by Crippen LogP contribution is 2.35. The molecule has 2 aliphatic carbocycles. The fourth-order valence-electron chi connectivity index (χ4n) is 5.05. The summed E-state index contributed by atoms with van der Waals surface area (Å²) in [5.74, 6) is 0.263. The predicted octanol–water partition coefficient (Wildman–Crippen LogP) is 3.20. The first-order valence-electron chi connectivity index (χ1n) is 10.8. The molecule has 1 atom stereocenters. The molecule has 0 unspecified atom stereocenters. The quantitative estimate of drug-likeness (QED) is 0.801. The molecule has 1 aliphatic heterocycles. The van der Waals surface area contributed by atoms with Crippen molar-refractivity contribution in [1.29, 1.82) is 0 Å². The van der Waals surface area contributed by atoms with E-state index in [1.807, 2.05) is 15.9 Å². The third kappa shape index (κ3) is 3.69. The minimum absolute atomic E-state index is 0.0364. The van der Waals surface area contributed by atoms with Crippen LogP contribution in [0.2, 0.25) is 0 Å². The van der Waals surface area contributed by atoms with Crippen molar-refractivity contribution in [3.63, 3.8) is 0 Å². The third-order valence-corrected chi connectivity index (χ3v) is 7.02. The number of hydrogen-bond acceptors (Lipinski definition) is 3. The standard InChI is InChI=1S/C23H32N2O3/c1-17-16-24(22(27)20-9-7-18-6-8-19(18)14-20)12-13-25(17)21(26)15-23(28-2)10-4-3-5-11-23/h7,9,14,17H,3-6,8,10-13,15-16H2,1-2H3/t17-/m0/s1. The van der Waals surface area contributed by atoms with Gasteiger partial charge < -0.3 is 14.5 Å². The number of aryl methyl sites for hydroxylation is 2. The van der Waals surface area contributed by atoms with Crippen molar-refractivity contribution in [2.45, 2.75) is 69.9 Å². The molecule has 2 amide bonds. The third-order valence-electron chi connectivity index (χ3n) is 7.02. The lowest BCUT2D eigenvalue weighted by Crippen LogP contribution is -2.56. The van der Waals surface area contributed by atoms with Gasteiger partial charge in [-0.2, -0.15) is 0 Å². The SMILES string of the molecule is COC1(CC(=O)N2CCN(C(=O)c3ccc4c(c3)CC4)C[C@@H]2C)CCCCC1. The molecule has 3 aliphatic rings. The fourth-order valence-corrected chi connectivity index (χ4v) is 5.05. The molecular formula is C23H32N2O3. The zero-order valence-corrected chi connectivity index (χ0v) is 17.2. The number of nitrogens with zero attached hydrogens (tertiary/aromatic N) is 2. The Labute approximate surface area is 168 Å². The van der Waals surface area contributed by atoms with Crippen LogP contribution in [0.4, 0.5) is 0 Å². The maximum atomic E-state index is 13.0. The Bertz CT molecular complexity index is 754. The number of ether oxygens (including phenoxy) is 1. The van der Waals surface area contributed by atoms with Crippen LogP contribution in [0.15, 0.2) is 18.2 Å². The highest BCUT2D eigenvalue weighted by atomic mass is 16.5. The van der Waals surface area contributed by atoms with Crippen LogP contribution in [-0.4, -0.2) is 60.0 Å². The van der Waals surface area contributed by atoms with Crippen LogP contribution in [0.3, 0.4) is 0 Å². The van der Waals surface area contributed by atoms with Crippen molar-refractivity contribution in [3.8, 4) is 0 Å². The number of rotatable bonds is 4. The van der Waals surface area contributed by atoms with Crippen LogP contribution in [0.25, 0.3) is 0 Å². The number of benzene rings is 1. The van der Waals surface area contributed by atoms with Crippen LogP contribution in [0.5, 0.6) is 0 Å². The number of amides is 2. The van der Waals surface area contributed by atoms with Gasteiger partial charge in [0, 0.05) is 38.3 Å². The highest BCUT2D eigenvalue weighted by molar-refractivity contribution is 5.95. The molecule has 4 rings (SSSR count). The molecular weight excluding hydrogens is 352 g/mol. The molecule has 28 heavy (non-hydrogen) atoms. The summed E-state index contributed by atoms with van der Waals surface area (Å²) < 4.78 is 5.81. The van der Waals surface area contributed by atoms with E-state index < -0.39 is 0 Å². The molecule has 1 heterocycles. The van der Waals surface area contributed by atoms with Crippen molar-refractivity contribution in [2.75, 3.05) is 26.7 Å². The van der Waals surface area contributed by atoms with Gasteiger partial charge >= 0.3 is 0 Å². The lowest BCUT2D eigenvalue weighted by molar-refractivity contribution is -0.144. The summed E-state index contributed by atoms with van der Waals surface area (Å²) in [6.45, 7) is 3.86. The topological polar surface area (TPSA) is 49.9 Å². The Morgan fingerprint density at radius 1 is 1.11 bits per heavy atom. The first-order valence-corrected chi connectivity index (χ1v) is 10.8. The number of fused-ring (bicyclic) bond motifs is 1. The molecule has 5 nitrogen and oxygen atoms in total. The monoisotopic (exact) mass is 384 g/mol. The van der Waals surface area contributed by atoms with Crippen LogP contribution >= 0.6 is 0 Å². The second-order valence-corrected chi connectivity index (χ2v) is 8.80. The number of carbonyl (C=O) groups excluding carboxylic acids is 2. The molecule has 0 N–H and O–H groups in total. The lowest BCUT2D eigenvalue weighted by atomic mass is 9.81. The van der Waals surface area contributed by atoms with Gasteiger partial charge in [-0.1, -0.05) is 25.3 Å². The minimum atomic E-state index is -0.284. The Morgan fingerprint density at radius 3 is 2.46 bits per heavy atom. The average molecular weight is 385 g/mol. The predicted molar refractivity (Wildman–Crippen MR) is 108 cm³/mol. The van der Waals surface area contributed by atoms with Gasteiger partial charge in [-0.25, -0.2) is 0 Å². The van der Waals surface area contributed by atoms with E-state index in [2.05, 4.69) is 19.1 Å². The molecule has 152 valence electrons. The van der Waals surface area contributed by atoms with Gasteiger partial charge in [-0.05, 0) is 55.9 Å². The van der Waals surface area contributed by atoms with Crippen molar-refractivity contribution >= 4 is 11.8 Å². The summed E-state index contributed by atoms with van der Waals surface area (Å²) in [4.78, 5) is 29.8. The minimum Gasteiger partial charge on any atom is -0.378 e. The fraction of sp³-hybridized carbons (Fsp3) is 0.652. The van der Waals surface area contributed by atoms with Crippen molar-refractivity contribution in [1.82, 2.24) is 9.80 Å². The van der Waals surface area contributed by atoms with E-state index in [1.165, 1.54) is 17.5 Å². The van der Waals surface area contributed by atoms with E-state index in [4.69, 9.17) is 4.74 Å². The molecule has 1 saturated heterocycles. The van der Waals surface area contributed by atoms with Crippen molar-refractivity contribution < 1.29 is 14.3 Å². The van der Waals surface area contributed by atoms with E-state index in [1.54, 1.807) is 7.11 Å². The maximum absolute atomic E-state index is 13.0. The molecule has 1 aromatic carbocycles. The van der Waals surface area contributed by atoms with Crippen LogP contribution in [-0.2, 0) is 22.4 Å². The van der Waals surface area contributed by atoms with Gasteiger partial charge in [-0.15, -0.1) is 0 Å². The number of hydrogen-bond donors (Lipinski definition) is 0. The molecule has 1 aromatic rings. The molecule has 1 saturated carbocycles. The van der Waals surface area contributed by atoms with Gasteiger partial charge in [-0.3, -0.25) is 9.59 Å². The van der Waals surface area contributed by atoms with Gasteiger partial charge in [0.2, 0.25) is 5.91 Å². The number of carbonyl (C=O) groups is 2. The van der Waals surface area contributed by atoms with E-state index in [-0.39, 0.29) is 23.5 Å². The lowest BCUT2D eigenvalue weighted by Gasteiger charge is -2.42. The Morgan fingerprint density at radius 2 is 1.86 bits per heavy atom. The molecule has 0 bridgehead atoms. The summed E-state index contributed by atoms with van der Waals surface area (Å²) in [6.07, 6.45) is 8.13. The first kappa shape index (κ1) is 19.4. The average Bonchev–Trinajstić information content (AvgIpc) is 2.69. The van der Waals surface area contributed by atoms with Gasteiger partial charge in [0.15, 0.2) is 0 Å². The summed E-state index contributed by atoms with van der Waals surface area (Å²) in [7, 11) is 1.74. The van der Waals surface area contributed by atoms with Gasteiger partial charge in [0.1, 0.15) is 0 Å². The van der Waals surface area contributed by atoms with Crippen molar-refractivity contribution in [2.24, 2.45) is 0 Å². The molecule has 2 fully saturated rings. The van der Waals surface area contributed by atoms with E-state index in [0.717, 1.165) is 44.1 Å². The molecule has 0 spiro atoms. The van der Waals surface area contributed by atoms with Gasteiger partial charge in [0.25, 0.3) is 5.91 Å². The van der Waals surface area contributed by atoms with Crippen LogP contribution < -0.4 is 0 Å². The van der Waals surface area contributed by atoms with Crippen LogP contribution in [0.1, 0.15) is 66.9 Å². The van der Waals surface area contributed by atoms with E-state index in [9.17, 15) is 9.59 Å². The van der Waals surface area contributed by atoms with E-state index >= 15 is 0 Å². The second-order valence-electron chi connectivity index (χ2n) is 8.80. The molecule has 0 radical (unpaired) electrons.